The number of nitrogen functional groups attached to an aromatic ring is 1. The van der Waals surface area contributed by atoms with E-state index >= 15 is 0 Å². The molecule has 0 aliphatic carbocycles. The molecule has 0 saturated heterocycles. The molecule has 3 aromatic rings. The van der Waals surface area contributed by atoms with E-state index in [4.69, 9.17) is 5.73 Å². The zero-order valence-corrected chi connectivity index (χ0v) is 10.4. The molecule has 98 valence electrons. The van der Waals surface area contributed by atoms with Crippen molar-refractivity contribution in [2.24, 2.45) is 0 Å². The Bertz CT molecular complexity index is 765. The highest BCUT2D eigenvalue weighted by atomic mass is 16.1. The first-order valence-corrected chi connectivity index (χ1v) is 5.96. The lowest BCUT2D eigenvalue weighted by Crippen LogP contribution is -2.14. The van der Waals surface area contributed by atoms with Gasteiger partial charge in [0.05, 0.1) is 23.6 Å². The lowest BCUT2D eigenvalue weighted by atomic mass is 10.2. The van der Waals surface area contributed by atoms with E-state index in [2.05, 4.69) is 20.3 Å². The smallest absolute Gasteiger partial charge is 0.275 e. The summed E-state index contributed by atoms with van der Waals surface area (Å²) in [5.41, 5.74) is 7.00. The average Bonchev–Trinajstić information content (AvgIpc) is 2.48. The monoisotopic (exact) mass is 265 g/mol. The molecule has 2 heterocycles. The number of nitrogens with one attached hydrogen (secondary N) is 1. The average molecular weight is 265 g/mol. The third kappa shape index (κ3) is 2.26. The maximum Gasteiger partial charge on any atom is 0.275 e. The van der Waals surface area contributed by atoms with Crippen LogP contribution in [0.1, 0.15) is 10.5 Å². The van der Waals surface area contributed by atoms with Crippen molar-refractivity contribution in [3.05, 3.63) is 54.6 Å². The van der Waals surface area contributed by atoms with Crippen LogP contribution in [-0.4, -0.2) is 20.9 Å². The molecule has 0 fully saturated rings. The van der Waals surface area contributed by atoms with Crippen LogP contribution < -0.4 is 11.1 Å². The molecule has 6 nitrogen and oxygen atoms in total. The maximum atomic E-state index is 12.1. The lowest BCUT2D eigenvalue weighted by molar-refractivity contribution is 0.102. The number of pyridine rings is 1. The molecule has 3 rings (SSSR count). The number of para-hydroxylation sites is 1. The standard InChI is InChI=1S/C14H11N5O/c15-12-8-17-11(7-18-12)14(20)19-10-5-1-3-9-4-2-6-16-13(9)10/h1-8H,(H2,15,18)(H,19,20). The normalized spacial score (nSPS) is 10.4. The highest BCUT2D eigenvalue weighted by molar-refractivity contribution is 6.07. The van der Waals surface area contributed by atoms with Crippen molar-refractivity contribution in [3.63, 3.8) is 0 Å². The van der Waals surface area contributed by atoms with Crippen LogP contribution in [0.15, 0.2) is 48.9 Å². The van der Waals surface area contributed by atoms with Gasteiger partial charge < -0.3 is 11.1 Å². The molecule has 0 aliphatic rings. The molecule has 20 heavy (non-hydrogen) atoms. The van der Waals surface area contributed by atoms with Crippen molar-refractivity contribution in [2.45, 2.75) is 0 Å². The number of aromatic nitrogens is 3. The van der Waals surface area contributed by atoms with Crippen LogP contribution in [0.25, 0.3) is 10.9 Å². The van der Waals surface area contributed by atoms with Gasteiger partial charge in [-0.3, -0.25) is 9.78 Å². The summed E-state index contributed by atoms with van der Waals surface area (Å²) in [6.45, 7) is 0. The third-order valence-electron chi connectivity index (χ3n) is 2.79. The predicted molar refractivity (Wildman–Crippen MR) is 76.1 cm³/mol. The van der Waals surface area contributed by atoms with Crippen LogP contribution >= 0.6 is 0 Å². The zero-order valence-electron chi connectivity index (χ0n) is 10.4. The Kier molecular flexibility index (Phi) is 2.96. The van der Waals surface area contributed by atoms with Gasteiger partial charge >= 0.3 is 0 Å². The number of nitrogens with zero attached hydrogens (tertiary/aromatic N) is 3. The molecule has 1 aromatic carbocycles. The fraction of sp³-hybridized carbons (Fsp3) is 0. The number of nitrogens with two attached hydrogens (primary N) is 1. The van der Waals surface area contributed by atoms with Crippen molar-refractivity contribution in [2.75, 3.05) is 11.1 Å². The van der Waals surface area contributed by atoms with Crippen molar-refractivity contribution < 1.29 is 4.79 Å². The van der Waals surface area contributed by atoms with E-state index in [9.17, 15) is 4.79 Å². The molecule has 0 atom stereocenters. The number of fused-ring (bicyclic) bond motifs is 1. The van der Waals surface area contributed by atoms with Crippen LogP contribution in [0.5, 0.6) is 0 Å². The Morgan fingerprint density at radius 3 is 2.70 bits per heavy atom. The van der Waals surface area contributed by atoms with Gasteiger partial charge in [0.1, 0.15) is 11.5 Å². The second kappa shape index (κ2) is 4.93. The van der Waals surface area contributed by atoms with Crippen molar-refractivity contribution in [1.82, 2.24) is 15.0 Å². The van der Waals surface area contributed by atoms with Crippen LogP contribution in [-0.2, 0) is 0 Å². The van der Waals surface area contributed by atoms with Gasteiger partial charge in [0.25, 0.3) is 5.91 Å². The van der Waals surface area contributed by atoms with E-state index < -0.39 is 0 Å². The molecule has 0 bridgehead atoms. The summed E-state index contributed by atoms with van der Waals surface area (Å²) in [5, 5.41) is 3.73. The van der Waals surface area contributed by atoms with Gasteiger partial charge in [-0.2, -0.15) is 0 Å². The first kappa shape index (κ1) is 12.0. The molecule has 6 heteroatoms. The SMILES string of the molecule is Nc1cnc(C(=O)Nc2cccc3cccnc23)cn1. The summed E-state index contributed by atoms with van der Waals surface area (Å²) in [4.78, 5) is 24.1. The first-order valence-electron chi connectivity index (χ1n) is 5.96. The van der Waals surface area contributed by atoms with E-state index in [-0.39, 0.29) is 17.4 Å². The number of rotatable bonds is 2. The second-order valence-electron chi connectivity index (χ2n) is 4.16. The minimum absolute atomic E-state index is 0.201. The molecular weight excluding hydrogens is 254 g/mol. The minimum atomic E-state index is -0.351. The fourth-order valence-corrected chi connectivity index (χ4v) is 1.85. The quantitative estimate of drug-likeness (QED) is 0.737. The largest absolute Gasteiger partial charge is 0.382 e. The zero-order chi connectivity index (χ0) is 13.9. The fourth-order valence-electron chi connectivity index (χ4n) is 1.85. The molecule has 3 N–H and O–H groups in total. The Balaban J connectivity index is 1.93. The Hall–Kier alpha value is -3.02. The Morgan fingerprint density at radius 1 is 1.05 bits per heavy atom. The van der Waals surface area contributed by atoms with Crippen LogP contribution in [0.3, 0.4) is 0 Å². The summed E-state index contributed by atoms with van der Waals surface area (Å²) >= 11 is 0. The molecule has 0 aliphatic heterocycles. The van der Waals surface area contributed by atoms with Crippen LogP contribution in [0, 0.1) is 0 Å². The molecule has 1 amide bonds. The highest BCUT2D eigenvalue weighted by Gasteiger charge is 2.10. The molecule has 0 radical (unpaired) electrons. The van der Waals surface area contributed by atoms with E-state index in [1.165, 1.54) is 12.4 Å². The van der Waals surface area contributed by atoms with Gasteiger partial charge in [0.15, 0.2) is 0 Å². The number of amides is 1. The summed E-state index contributed by atoms with van der Waals surface area (Å²) in [5.74, 6) is -0.0796. The first-order chi connectivity index (χ1) is 9.74. The number of carbonyl (C=O) groups excluding carboxylic acids is 1. The summed E-state index contributed by atoms with van der Waals surface area (Å²) < 4.78 is 0. The van der Waals surface area contributed by atoms with E-state index in [1.54, 1.807) is 12.3 Å². The number of anilines is 2. The summed E-state index contributed by atoms with van der Waals surface area (Å²) in [7, 11) is 0. The van der Waals surface area contributed by atoms with E-state index in [1.807, 2.05) is 24.3 Å². The number of benzene rings is 1. The number of hydrogen-bond donors (Lipinski definition) is 2. The van der Waals surface area contributed by atoms with Gasteiger partial charge in [-0.25, -0.2) is 9.97 Å². The summed E-state index contributed by atoms with van der Waals surface area (Å²) in [6, 6.07) is 9.35. The van der Waals surface area contributed by atoms with Crippen molar-refractivity contribution >= 4 is 28.3 Å². The number of carbonyl (C=O) groups is 1. The van der Waals surface area contributed by atoms with Gasteiger partial charge in [-0.1, -0.05) is 18.2 Å². The van der Waals surface area contributed by atoms with Crippen LogP contribution in [0.2, 0.25) is 0 Å². The van der Waals surface area contributed by atoms with Crippen molar-refractivity contribution in [1.29, 1.82) is 0 Å². The molecular formula is C14H11N5O. The van der Waals surface area contributed by atoms with Gasteiger partial charge in [-0.15, -0.1) is 0 Å². The van der Waals surface area contributed by atoms with Crippen molar-refractivity contribution in [3.8, 4) is 0 Å². The number of hydrogen-bond acceptors (Lipinski definition) is 5. The molecule has 0 saturated carbocycles. The molecule has 2 aromatic heterocycles. The Morgan fingerprint density at radius 2 is 1.90 bits per heavy atom. The second-order valence-corrected chi connectivity index (χ2v) is 4.16. The van der Waals surface area contributed by atoms with Gasteiger partial charge in [0.2, 0.25) is 0 Å². The highest BCUT2D eigenvalue weighted by Crippen LogP contribution is 2.20. The lowest BCUT2D eigenvalue weighted by Gasteiger charge is -2.07. The minimum Gasteiger partial charge on any atom is -0.382 e. The van der Waals surface area contributed by atoms with E-state index in [0.29, 0.717) is 5.69 Å². The van der Waals surface area contributed by atoms with Crippen LogP contribution in [0.4, 0.5) is 11.5 Å². The molecule has 0 spiro atoms. The topological polar surface area (TPSA) is 93.8 Å². The Labute approximate surface area is 114 Å². The maximum absolute atomic E-state index is 12.1. The van der Waals surface area contributed by atoms with Gasteiger partial charge in [-0.05, 0) is 12.1 Å². The molecule has 0 unspecified atom stereocenters. The van der Waals surface area contributed by atoms with Gasteiger partial charge in [0, 0.05) is 11.6 Å². The predicted octanol–water partition coefficient (Wildman–Crippen LogP) is 1.86. The third-order valence-corrected chi connectivity index (χ3v) is 2.79. The summed E-state index contributed by atoms with van der Waals surface area (Å²) in [6.07, 6.45) is 4.36. The van der Waals surface area contributed by atoms with E-state index in [0.717, 1.165) is 10.9 Å².